The third-order valence-corrected chi connectivity index (χ3v) is 7.42. The van der Waals surface area contributed by atoms with Crippen LogP contribution in [0.1, 0.15) is 57.6 Å². The summed E-state index contributed by atoms with van der Waals surface area (Å²) < 4.78 is 41.5. The molecule has 0 aromatic heterocycles. The number of carboxylic acid groups (broad SMARTS) is 1. The molecular weight excluding hydrogens is 716 g/mol. The fourth-order valence-corrected chi connectivity index (χ4v) is 4.44. The number of benzene rings is 3. The van der Waals surface area contributed by atoms with E-state index in [4.69, 9.17) is 49.9 Å². The smallest absolute Gasteiger partial charge is 0.323 e. The molecule has 48 heavy (non-hydrogen) atoms. The molecule has 0 saturated heterocycles. The van der Waals surface area contributed by atoms with E-state index in [1.54, 1.807) is 45.9 Å². The number of rotatable bonds is 7. The van der Waals surface area contributed by atoms with Crippen molar-refractivity contribution in [2.45, 2.75) is 51.8 Å². The van der Waals surface area contributed by atoms with E-state index < -0.39 is 17.3 Å². The second-order valence-electron chi connectivity index (χ2n) is 10.1. The van der Waals surface area contributed by atoms with Gasteiger partial charge in [-0.3, -0.25) is 14.4 Å². The minimum atomic E-state index is -0.844. The summed E-state index contributed by atoms with van der Waals surface area (Å²) in [4.78, 5) is 32.7. The largest absolute Gasteiger partial charge is 0.481 e. The number of ether oxygens (including phenoxy) is 8. The number of carbonyl (C=O) groups excluding carboxylic acids is 2. The summed E-state index contributed by atoms with van der Waals surface area (Å²) in [6, 6.07) is 16.4. The van der Waals surface area contributed by atoms with E-state index in [2.05, 4.69) is 20.7 Å². The van der Waals surface area contributed by atoms with Gasteiger partial charge in [0.1, 0.15) is 5.38 Å². The normalized spacial score (nSPS) is 14.3. The van der Waals surface area contributed by atoms with Crippen molar-refractivity contribution in [3.63, 3.8) is 0 Å². The van der Waals surface area contributed by atoms with Crippen molar-refractivity contribution >= 4 is 45.4 Å². The second kappa shape index (κ2) is 18.8. The highest BCUT2D eigenvalue weighted by molar-refractivity contribution is 9.10. The van der Waals surface area contributed by atoms with E-state index in [1.807, 2.05) is 43.3 Å². The van der Waals surface area contributed by atoms with Crippen LogP contribution in [0.15, 0.2) is 59.1 Å². The van der Waals surface area contributed by atoms with E-state index in [1.165, 1.54) is 0 Å². The van der Waals surface area contributed by atoms with E-state index in [0.29, 0.717) is 37.3 Å². The zero-order valence-corrected chi connectivity index (χ0v) is 29.5. The summed E-state index contributed by atoms with van der Waals surface area (Å²) in [5.41, 5.74) is 1.60. The summed E-state index contributed by atoms with van der Waals surface area (Å²) in [5.74, 6) is 2.12. The van der Waals surface area contributed by atoms with Gasteiger partial charge in [-0.05, 0) is 88.2 Å². The summed E-state index contributed by atoms with van der Waals surface area (Å²) in [5, 5.41) is 8.29. The van der Waals surface area contributed by atoms with Crippen LogP contribution in [0.2, 0.25) is 0 Å². The van der Waals surface area contributed by atoms with Gasteiger partial charge in [-0.25, -0.2) is 0 Å². The van der Waals surface area contributed by atoms with Gasteiger partial charge in [-0.1, -0.05) is 28.1 Å². The zero-order chi connectivity index (χ0) is 35.2. The lowest BCUT2D eigenvalue weighted by molar-refractivity contribution is -0.144. The summed E-state index contributed by atoms with van der Waals surface area (Å²) in [6.07, 6.45) is 0. The molecule has 12 nitrogen and oxygen atoms in total. The number of carbonyl (C=O) groups is 3. The first-order chi connectivity index (χ1) is 22.9. The highest BCUT2D eigenvalue weighted by Gasteiger charge is 2.21. The van der Waals surface area contributed by atoms with Crippen LogP contribution in [0.25, 0.3) is 0 Å². The summed E-state index contributed by atoms with van der Waals surface area (Å²) >= 11 is 8.66. The Morgan fingerprint density at radius 1 is 0.667 bits per heavy atom. The number of fused-ring (bicyclic) bond motifs is 3. The maximum absolute atomic E-state index is 11.5. The average Bonchev–Trinajstić information content (AvgIpc) is 3.85. The first-order valence-electron chi connectivity index (χ1n) is 15.0. The lowest BCUT2D eigenvalue weighted by Crippen LogP contribution is -2.13. The van der Waals surface area contributed by atoms with Gasteiger partial charge in [0.05, 0.1) is 25.0 Å². The predicted molar refractivity (Wildman–Crippen MR) is 178 cm³/mol. The Bertz CT molecular complexity index is 1550. The quantitative estimate of drug-likeness (QED) is 0.195. The minimum absolute atomic E-state index is 0.209. The number of hydrogen-bond donors (Lipinski definition) is 1. The zero-order valence-electron chi connectivity index (χ0n) is 27.2. The number of hydrogen-bond acceptors (Lipinski definition) is 11. The Balaban J connectivity index is 0.000000180. The highest BCUT2D eigenvalue weighted by atomic mass is 79.9. The molecule has 0 amide bonds. The van der Waals surface area contributed by atoms with E-state index in [-0.39, 0.29) is 31.4 Å². The third-order valence-electron chi connectivity index (χ3n) is 6.75. The molecular formula is C34H38BrClO12. The van der Waals surface area contributed by atoms with Crippen LogP contribution < -0.4 is 28.4 Å². The number of carboxylic acids is 1. The molecule has 3 aliphatic rings. The van der Waals surface area contributed by atoms with E-state index in [0.717, 1.165) is 32.8 Å². The standard InChI is InChI=1S/C12H14O4.C10H10O4.C7H5BrO2.C5H9ClO2/c1-3-14-12(13)8(2)9-4-5-10-11(6-9)16-7-15-10;1-6(10(11)12)7-2-3-8-9(4-7)14-5-13-8;8-5-1-2-6-7(3-5)10-4-9-6;1-3-8-5(7)4(2)6/h4-6,8H,3,7H2,1-2H3;2-4,6H,5H2,1H3,(H,11,12);1-3H,4H2;4H,3H2,1-2H3. The molecule has 0 bridgehead atoms. The van der Waals surface area contributed by atoms with Gasteiger partial charge in [-0.15, -0.1) is 11.6 Å². The Labute approximate surface area is 292 Å². The molecule has 14 heteroatoms. The summed E-state index contributed by atoms with van der Waals surface area (Å²) in [6.45, 7) is 10.2. The third kappa shape index (κ3) is 11.1. The van der Waals surface area contributed by atoms with Crippen molar-refractivity contribution in [2.24, 2.45) is 0 Å². The predicted octanol–water partition coefficient (Wildman–Crippen LogP) is 7.04. The van der Waals surface area contributed by atoms with Gasteiger partial charge in [0, 0.05) is 4.47 Å². The van der Waals surface area contributed by atoms with Crippen molar-refractivity contribution in [3.8, 4) is 34.5 Å². The molecule has 260 valence electrons. The van der Waals surface area contributed by atoms with Gasteiger partial charge >= 0.3 is 17.9 Å². The van der Waals surface area contributed by atoms with Crippen molar-refractivity contribution < 1.29 is 57.4 Å². The molecule has 3 atom stereocenters. The molecule has 3 heterocycles. The first kappa shape index (κ1) is 38.1. The maximum Gasteiger partial charge on any atom is 0.323 e. The van der Waals surface area contributed by atoms with Crippen LogP contribution in [0.3, 0.4) is 0 Å². The van der Waals surface area contributed by atoms with Crippen molar-refractivity contribution in [1.82, 2.24) is 0 Å². The molecule has 0 aliphatic carbocycles. The number of alkyl halides is 1. The van der Waals surface area contributed by atoms with Gasteiger partial charge in [0.2, 0.25) is 20.4 Å². The number of halogens is 2. The Morgan fingerprint density at radius 2 is 1.06 bits per heavy atom. The topological polar surface area (TPSA) is 145 Å². The van der Waals surface area contributed by atoms with Crippen LogP contribution in [0, 0.1) is 0 Å². The lowest BCUT2D eigenvalue weighted by Gasteiger charge is -2.11. The van der Waals surface area contributed by atoms with Crippen molar-refractivity contribution in [2.75, 3.05) is 33.6 Å². The molecule has 6 rings (SSSR count). The van der Waals surface area contributed by atoms with Crippen molar-refractivity contribution in [1.29, 1.82) is 0 Å². The average molecular weight is 754 g/mol. The molecule has 0 radical (unpaired) electrons. The van der Waals surface area contributed by atoms with Crippen LogP contribution >= 0.6 is 27.5 Å². The first-order valence-corrected chi connectivity index (χ1v) is 16.2. The lowest BCUT2D eigenvalue weighted by atomic mass is 10.0. The number of aliphatic carboxylic acids is 1. The monoisotopic (exact) mass is 752 g/mol. The molecule has 0 fully saturated rings. The molecule has 3 aromatic rings. The molecule has 3 aliphatic heterocycles. The van der Waals surface area contributed by atoms with E-state index >= 15 is 0 Å². The highest BCUT2D eigenvalue weighted by Crippen LogP contribution is 2.36. The van der Waals surface area contributed by atoms with Gasteiger partial charge in [0.25, 0.3) is 0 Å². The molecule has 0 spiro atoms. The second-order valence-corrected chi connectivity index (χ2v) is 11.7. The fraction of sp³-hybridized carbons (Fsp3) is 0.382. The van der Waals surface area contributed by atoms with Crippen molar-refractivity contribution in [3.05, 3.63) is 70.2 Å². The van der Waals surface area contributed by atoms with Gasteiger partial charge in [0.15, 0.2) is 34.5 Å². The fourth-order valence-electron chi connectivity index (χ4n) is 4.04. The Morgan fingerprint density at radius 3 is 1.48 bits per heavy atom. The van der Waals surface area contributed by atoms with Gasteiger partial charge < -0.3 is 43.0 Å². The number of esters is 2. The van der Waals surface area contributed by atoms with Crippen LogP contribution in [-0.4, -0.2) is 62.0 Å². The Hall–Kier alpha value is -4.36. The molecule has 3 unspecified atom stereocenters. The Kier molecular flexibility index (Phi) is 15.0. The van der Waals surface area contributed by atoms with Crippen LogP contribution in [0.4, 0.5) is 0 Å². The molecule has 1 N–H and O–H groups in total. The maximum atomic E-state index is 11.5. The summed E-state index contributed by atoms with van der Waals surface area (Å²) in [7, 11) is 0. The van der Waals surface area contributed by atoms with Crippen LogP contribution in [-0.2, 0) is 23.9 Å². The van der Waals surface area contributed by atoms with Crippen LogP contribution in [0.5, 0.6) is 34.5 Å². The van der Waals surface area contributed by atoms with Gasteiger partial charge in [-0.2, -0.15) is 0 Å². The molecule has 0 saturated carbocycles. The minimum Gasteiger partial charge on any atom is -0.481 e. The SMILES string of the molecule is Brc1ccc2c(c1)OCO2.CC(C(=O)O)c1ccc2c(c1)OCO2.CCOC(=O)C(C)Cl.CCOC(=O)C(C)c1ccc2c(c1)OCO2. The molecule has 3 aromatic carbocycles. The van der Waals surface area contributed by atoms with E-state index in [9.17, 15) is 14.4 Å².